The van der Waals surface area contributed by atoms with Crippen molar-refractivity contribution in [1.29, 1.82) is 0 Å². The van der Waals surface area contributed by atoms with Crippen molar-refractivity contribution in [2.75, 3.05) is 5.32 Å². The lowest BCUT2D eigenvalue weighted by molar-refractivity contribution is 0.482. The Hall–Kier alpha value is -8.66. The Balaban J connectivity index is 0.00000109. The second-order valence-corrected chi connectivity index (χ2v) is 20.2. The number of fused-ring (bicyclic) bond motifs is 2. The number of hydrogen-bond acceptors (Lipinski definition) is 20. The fourth-order valence-electron chi connectivity index (χ4n) is 7.36. The molecule has 0 saturated heterocycles. The fraction of sp³-hybridized carbons (Fsp3) is 0.120. The minimum Gasteiger partial charge on any atom is -0.505 e. The van der Waals surface area contributed by atoms with Gasteiger partial charge >= 0.3 is 21.2 Å². The number of nitrogens with zero attached hydrogens (tertiary/aromatic N) is 8. The molecule has 0 aliphatic heterocycles. The minimum atomic E-state index is -4.81. The minimum absolute atomic E-state index is 0.00832. The zero-order valence-corrected chi connectivity index (χ0v) is 44.0. The largest absolute Gasteiger partial charge is 0.505 e. The first kappa shape index (κ1) is 56.6. The molecule has 0 bridgehead atoms. The van der Waals surface area contributed by atoms with Crippen LogP contribution in [-0.4, -0.2) is 56.3 Å². The van der Waals surface area contributed by atoms with E-state index in [9.17, 15) is 31.0 Å². The molecule has 26 heteroatoms. The molecule has 390 valence electrons. The van der Waals surface area contributed by atoms with E-state index >= 15 is 0 Å². The van der Waals surface area contributed by atoms with E-state index in [4.69, 9.17) is 25.3 Å². The van der Waals surface area contributed by atoms with Crippen molar-refractivity contribution < 1.29 is 56.3 Å². The molecule has 0 aromatic heterocycles. The lowest BCUT2D eigenvalue weighted by atomic mass is 10.1. The molecule has 0 radical (unpaired) electrons. The first-order valence-corrected chi connectivity index (χ1v) is 26.8. The van der Waals surface area contributed by atoms with E-state index in [0.29, 0.717) is 56.3 Å². The van der Waals surface area contributed by atoms with Crippen molar-refractivity contribution in [2.45, 2.75) is 51.3 Å². The zero-order chi connectivity index (χ0) is 55.6. The third kappa shape index (κ3) is 14.8. The standard InChI is InChI=1S/C50H43N9O7S2.2O3S/c1-28-20-42(29(2)19-41(28)53-52-40-18-15-35-25-37(16-17-38(35)50(40)60)51-36-12-8-7-9-13-36)54-55-43-21-31(4)44(22-30(43)3)56-57-45-23-33(6)46(24-32(45)5)58-59-47-27-39-34(26-49(47)68(64,65)66)11-10-14-48(39)67(61,62)63;2*1-4(2)3/h7-27,51,60H,1-6H3,(H,61,62,63)(H,64,65,66);;. The quantitative estimate of drug-likeness (QED) is 0.0653. The van der Waals surface area contributed by atoms with Gasteiger partial charge in [-0.05, 0) is 177 Å². The summed E-state index contributed by atoms with van der Waals surface area (Å²) in [5, 5.41) is 51.5. The average molecular weight is 1110 g/mol. The van der Waals surface area contributed by atoms with E-state index < -0.39 is 51.2 Å². The van der Waals surface area contributed by atoms with E-state index in [2.05, 4.69) is 46.2 Å². The number of rotatable bonds is 12. The Kier molecular flexibility index (Phi) is 18.0. The summed E-state index contributed by atoms with van der Waals surface area (Å²) in [6.45, 7) is 11.2. The molecule has 0 aliphatic carbocycles. The number of anilines is 2. The highest BCUT2D eigenvalue weighted by atomic mass is 32.2. The van der Waals surface area contributed by atoms with Crippen LogP contribution in [0.4, 0.5) is 56.9 Å². The molecule has 0 atom stereocenters. The first-order chi connectivity index (χ1) is 35.8. The van der Waals surface area contributed by atoms with Crippen molar-refractivity contribution in [3.05, 3.63) is 161 Å². The fourth-order valence-corrected chi connectivity index (χ4v) is 8.70. The van der Waals surface area contributed by atoms with Crippen LogP contribution in [-0.2, 0) is 41.5 Å². The predicted molar refractivity (Wildman–Crippen MR) is 283 cm³/mol. The van der Waals surface area contributed by atoms with Crippen LogP contribution in [0.3, 0.4) is 0 Å². The van der Waals surface area contributed by atoms with Crippen LogP contribution < -0.4 is 5.32 Å². The summed E-state index contributed by atoms with van der Waals surface area (Å²) < 4.78 is 119. The maximum atomic E-state index is 12.3. The third-order valence-electron chi connectivity index (χ3n) is 11.1. The normalized spacial score (nSPS) is 11.8. The van der Waals surface area contributed by atoms with Crippen LogP contribution in [0, 0.1) is 41.5 Å². The number of hydrogen-bond donors (Lipinski definition) is 4. The number of aromatic hydroxyl groups is 1. The average Bonchev–Trinajstić information content (AvgIpc) is 3.33. The topological polar surface area (TPSA) is 342 Å². The summed E-state index contributed by atoms with van der Waals surface area (Å²) in [5.74, 6) is 0.0422. The number of phenolic OH excluding ortho intramolecular Hbond substituents is 1. The molecule has 22 nitrogen and oxygen atoms in total. The maximum absolute atomic E-state index is 12.3. The maximum Gasteiger partial charge on any atom is 0.425 e. The number of phenols is 1. The number of azo groups is 4. The van der Waals surface area contributed by atoms with Gasteiger partial charge in [-0.25, -0.2) is 0 Å². The molecular weight excluding hydrogens is 1060 g/mol. The van der Waals surface area contributed by atoms with Gasteiger partial charge in [0.25, 0.3) is 20.2 Å². The summed E-state index contributed by atoms with van der Waals surface area (Å²) in [6.07, 6.45) is 0. The molecule has 4 N–H and O–H groups in total. The summed E-state index contributed by atoms with van der Waals surface area (Å²) in [6, 6.07) is 36.3. The highest BCUT2D eigenvalue weighted by Crippen LogP contribution is 2.40. The van der Waals surface area contributed by atoms with Crippen molar-refractivity contribution in [3.8, 4) is 5.75 Å². The zero-order valence-electron chi connectivity index (χ0n) is 40.8. The molecule has 0 spiro atoms. The van der Waals surface area contributed by atoms with E-state index in [1.807, 2.05) is 107 Å². The summed E-state index contributed by atoms with van der Waals surface area (Å²) in [4.78, 5) is -1.05. The number of aryl methyl sites for hydroxylation is 6. The Labute approximate surface area is 438 Å². The molecule has 0 aliphatic rings. The highest BCUT2D eigenvalue weighted by Gasteiger charge is 2.21. The van der Waals surface area contributed by atoms with Gasteiger partial charge < -0.3 is 10.4 Å². The van der Waals surface area contributed by atoms with Gasteiger partial charge in [0, 0.05) is 22.1 Å². The van der Waals surface area contributed by atoms with Gasteiger partial charge in [0.2, 0.25) is 0 Å². The Morgan fingerprint density at radius 3 is 1.16 bits per heavy atom. The number of benzene rings is 8. The van der Waals surface area contributed by atoms with Crippen molar-refractivity contribution in [1.82, 2.24) is 0 Å². The van der Waals surface area contributed by atoms with Crippen LogP contribution in [0.15, 0.2) is 178 Å². The summed E-state index contributed by atoms with van der Waals surface area (Å²) in [7, 11) is -15.7. The van der Waals surface area contributed by atoms with Gasteiger partial charge in [-0.1, -0.05) is 36.4 Å². The van der Waals surface area contributed by atoms with Gasteiger partial charge in [0.05, 0.1) is 34.1 Å². The summed E-state index contributed by atoms with van der Waals surface area (Å²) >= 11 is 0. The highest BCUT2D eigenvalue weighted by molar-refractivity contribution is 7.86. The monoisotopic (exact) mass is 1110 g/mol. The SMILES string of the molecule is Cc1cc(N=Nc2cc(C)c(N=Nc3ccc4cc(Nc5ccccc5)ccc4c3O)cc2C)c(C)cc1N=Nc1cc(C)c(N=Nc2cc3c(S(=O)(=O)O)cccc3cc2S(=O)(=O)O)cc1C.O=S(=O)=O.O=S(=O)=O. The van der Waals surface area contributed by atoms with Gasteiger partial charge in [0.15, 0.2) is 5.75 Å². The molecule has 0 saturated carbocycles. The molecule has 0 fully saturated rings. The molecule has 0 amide bonds. The molecule has 8 rings (SSSR count). The molecule has 76 heavy (non-hydrogen) atoms. The van der Waals surface area contributed by atoms with E-state index in [0.717, 1.165) is 57.2 Å². The smallest absolute Gasteiger partial charge is 0.425 e. The van der Waals surface area contributed by atoms with Gasteiger partial charge in [0.1, 0.15) is 21.2 Å². The molecular formula is C50H43N9O13S4. The predicted octanol–water partition coefficient (Wildman–Crippen LogP) is 13.4. The number of para-hydroxylation sites is 1. The van der Waals surface area contributed by atoms with Crippen LogP contribution >= 0.6 is 0 Å². The van der Waals surface area contributed by atoms with Gasteiger partial charge in [-0.15, -0.1) is 35.5 Å². The van der Waals surface area contributed by atoms with Gasteiger partial charge in [-0.3, -0.25) is 9.11 Å². The third-order valence-corrected chi connectivity index (χ3v) is 12.9. The molecule has 0 heterocycles. The van der Waals surface area contributed by atoms with Crippen molar-refractivity contribution in [2.24, 2.45) is 40.9 Å². The second kappa shape index (κ2) is 24.1. The molecule has 8 aromatic rings. The molecule has 0 unspecified atom stereocenters. The Morgan fingerprint density at radius 2 is 0.750 bits per heavy atom. The van der Waals surface area contributed by atoms with Crippen molar-refractivity contribution >= 4 is 120 Å². The van der Waals surface area contributed by atoms with E-state index in [1.54, 1.807) is 32.0 Å². The Bertz CT molecular complexity index is 4160. The van der Waals surface area contributed by atoms with Crippen LogP contribution in [0.5, 0.6) is 5.75 Å². The molecule has 8 aromatic carbocycles. The van der Waals surface area contributed by atoms with E-state index in [-0.39, 0.29) is 22.2 Å². The summed E-state index contributed by atoms with van der Waals surface area (Å²) in [5.41, 5.74) is 9.89. The second-order valence-electron chi connectivity index (χ2n) is 16.6. The Morgan fingerprint density at radius 1 is 0.368 bits per heavy atom. The van der Waals surface area contributed by atoms with Crippen LogP contribution in [0.1, 0.15) is 33.4 Å². The lowest BCUT2D eigenvalue weighted by Crippen LogP contribution is -2.01. The van der Waals surface area contributed by atoms with E-state index in [1.165, 1.54) is 12.1 Å². The van der Waals surface area contributed by atoms with Crippen LogP contribution in [0.25, 0.3) is 21.5 Å². The van der Waals surface area contributed by atoms with Gasteiger partial charge in [-0.2, -0.15) is 47.5 Å². The van der Waals surface area contributed by atoms with Crippen molar-refractivity contribution in [3.63, 3.8) is 0 Å². The number of nitrogens with one attached hydrogen (secondary N) is 1. The lowest BCUT2D eigenvalue weighted by Gasteiger charge is -2.09. The first-order valence-electron chi connectivity index (χ1n) is 21.9. The van der Waals surface area contributed by atoms with Crippen LogP contribution in [0.2, 0.25) is 0 Å².